The van der Waals surface area contributed by atoms with Crippen LogP contribution < -0.4 is 0 Å². The molecule has 0 saturated heterocycles. The molecule has 0 amide bonds. The van der Waals surface area contributed by atoms with Gasteiger partial charge in [0.15, 0.2) is 4.73 Å². The van der Waals surface area contributed by atoms with Gasteiger partial charge in [-0.05, 0) is 29.8 Å². The summed E-state index contributed by atoms with van der Waals surface area (Å²) in [5.74, 6) is 0. The highest BCUT2D eigenvalue weighted by atomic mass is 79.9. The fourth-order valence-corrected chi connectivity index (χ4v) is 1.60. The van der Waals surface area contributed by atoms with E-state index in [4.69, 9.17) is 5.11 Å². The molecule has 0 bridgehead atoms. The van der Waals surface area contributed by atoms with E-state index in [1.165, 1.54) is 0 Å². The second-order valence-electron chi connectivity index (χ2n) is 2.66. The monoisotopic (exact) mass is 218 g/mol. The number of hydrogen-bond acceptors (Lipinski definition) is 2. The Morgan fingerprint density at radius 1 is 1.73 bits per heavy atom. The van der Waals surface area contributed by atoms with Crippen molar-refractivity contribution in [2.75, 3.05) is 0 Å². The smallest absolute Gasteiger partial charge is 0.177 e. The number of aliphatic hydroxyl groups excluding tert-OH is 1. The van der Waals surface area contributed by atoms with Crippen LogP contribution in [0.15, 0.2) is 10.9 Å². The summed E-state index contributed by atoms with van der Waals surface area (Å²) in [6.45, 7) is 4.12. The van der Waals surface area contributed by atoms with E-state index in [0.717, 1.165) is 4.73 Å². The first-order valence-corrected chi connectivity index (χ1v) is 4.28. The largest absolute Gasteiger partial charge is 0.390 e. The molecular formula is C7H11BrN2O. The minimum absolute atomic E-state index is 0.00167. The molecular weight excluding hydrogens is 208 g/mol. The van der Waals surface area contributed by atoms with Gasteiger partial charge in [0.05, 0.1) is 12.3 Å². The molecule has 1 aromatic heterocycles. The highest BCUT2D eigenvalue weighted by Crippen LogP contribution is 2.15. The zero-order chi connectivity index (χ0) is 8.43. The lowest BCUT2D eigenvalue weighted by molar-refractivity contribution is 0.277. The number of aliphatic hydroxyl groups is 1. The Morgan fingerprint density at radius 2 is 2.36 bits per heavy atom. The molecule has 11 heavy (non-hydrogen) atoms. The van der Waals surface area contributed by atoms with Gasteiger partial charge in [0.1, 0.15) is 0 Å². The molecule has 0 aromatic carbocycles. The molecule has 0 saturated carbocycles. The molecule has 0 aliphatic heterocycles. The molecule has 0 radical (unpaired) electrons. The molecule has 1 rings (SSSR count). The third-order valence-electron chi connectivity index (χ3n) is 1.46. The highest BCUT2D eigenvalue weighted by Gasteiger charge is 2.05. The maximum atomic E-state index is 8.76. The van der Waals surface area contributed by atoms with Crippen LogP contribution in [0.3, 0.4) is 0 Å². The summed E-state index contributed by atoms with van der Waals surface area (Å²) >= 11 is 3.30. The average molecular weight is 219 g/mol. The van der Waals surface area contributed by atoms with Gasteiger partial charge in [0.25, 0.3) is 0 Å². The van der Waals surface area contributed by atoms with Crippen LogP contribution in [0.5, 0.6) is 0 Å². The maximum Gasteiger partial charge on any atom is 0.177 e. The molecule has 1 aromatic rings. The highest BCUT2D eigenvalue weighted by molar-refractivity contribution is 9.10. The predicted octanol–water partition coefficient (Wildman–Crippen LogP) is 1.72. The van der Waals surface area contributed by atoms with Crippen molar-refractivity contribution < 1.29 is 5.11 Å². The number of rotatable bonds is 2. The SMILES string of the molecule is CC(C)n1cc(CO)nc1Br. The van der Waals surface area contributed by atoms with E-state index >= 15 is 0 Å². The Kier molecular flexibility index (Phi) is 2.67. The van der Waals surface area contributed by atoms with E-state index in [0.29, 0.717) is 11.7 Å². The van der Waals surface area contributed by atoms with E-state index in [-0.39, 0.29) is 6.61 Å². The van der Waals surface area contributed by atoms with Gasteiger partial charge in [-0.1, -0.05) is 0 Å². The van der Waals surface area contributed by atoms with Crippen LogP contribution in [0.4, 0.5) is 0 Å². The fourth-order valence-electron chi connectivity index (χ4n) is 0.857. The van der Waals surface area contributed by atoms with Crippen LogP contribution >= 0.6 is 15.9 Å². The lowest BCUT2D eigenvalue weighted by Crippen LogP contribution is -1.98. The van der Waals surface area contributed by atoms with Crippen LogP contribution in [0.25, 0.3) is 0 Å². The number of nitrogens with zero attached hydrogens (tertiary/aromatic N) is 2. The van der Waals surface area contributed by atoms with Crippen molar-refractivity contribution in [3.05, 3.63) is 16.6 Å². The van der Waals surface area contributed by atoms with Gasteiger partial charge in [-0.3, -0.25) is 0 Å². The minimum atomic E-state index is -0.00167. The second-order valence-corrected chi connectivity index (χ2v) is 3.37. The summed E-state index contributed by atoms with van der Waals surface area (Å²) in [7, 11) is 0. The normalized spacial score (nSPS) is 11.0. The van der Waals surface area contributed by atoms with Crippen molar-refractivity contribution in [1.82, 2.24) is 9.55 Å². The summed E-state index contributed by atoms with van der Waals surface area (Å²) in [5.41, 5.74) is 0.700. The van der Waals surface area contributed by atoms with Gasteiger partial charge in [-0.2, -0.15) is 0 Å². The topological polar surface area (TPSA) is 38.0 Å². The molecule has 62 valence electrons. The summed E-state index contributed by atoms with van der Waals surface area (Å²) < 4.78 is 2.74. The number of halogens is 1. The first kappa shape index (κ1) is 8.74. The van der Waals surface area contributed by atoms with E-state index in [9.17, 15) is 0 Å². The van der Waals surface area contributed by atoms with Crippen LogP contribution in [0.2, 0.25) is 0 Å². The molecule has 1 heterocycles. The molecule has 0 spiro atoms. The van der Waals surface area contributed by atoms with Gasteiger partial charge < -0.3 is 9.67 Å². The third-order valence-corrected chi connectivity index (χ3v) is 2.04. The number of hydrogen-bond donors (Lipinski definition) is 1. The fraction of sp³-hybridized carbons (Fsp3) is 0.571. The molecule has 0 atom stereocenters. The summed E-state index contributed by atoms with van der Waals surface area (Å²) in [6.07, 6.45) is 1.84. The Labute approximate surface area is 74.2 Å². The quantitative estimate of drug-likeness (QED) is 0.822. The van der Waals surface area contributed by atoms with E-state index in [2.05, 4.69) is 34.8 Å². The number of imidazole rings is 1. The molecule has 4 heteroatoms. The Morgan fingerprint density at radius 3 is 2.64 bits per heavy atom. The average Bonchev–Trinajstić information content (AvgIpc) is 2.30. The van der Waals surface area contributed by atoms with Crippen molar-refractivity contribution >= 4 is 15.9 Å². The van der Waals surface area contributed by atoms with Gasteiger partial charge in [0.2, 0.25) is 0 Å². The second kappa shape index (κ2) is 3.36. The van der Waals surface area contributed by atoms with Crippen molar-refractivity contribution in [2.45, 2.75) is 26.5 Å². The Hall–Kier alpha value is -0.350. The van der Waals surface area contributed by atoms with E-state index in [1.54, 1.807) is 0 Å². The van der Waals surface area contributed by atoms with Crippen LogP contribution in [-0.4, -0.2) is 14.7 Å². The van der Waals surface area contributed by atoms with Crippen LogP contribution in [0.1, 0.15) is 25.6 Å². The van der Waals surface area contributed by atoms with Gasteiger partial charge in [0, 0.05) is 12.2 Å². The van der Waals surface area contributed by atoms with Gasteiger partial charge in [-0.25, -0.2) is 4.98 Å². The standard InChI is InChI=1S/C7H11BrN2O/c1-5(2)10-3-6(4-11)9-7(10)8/h3,5,11H,4H2,1-2H3. The van der Waals surface area contributed by atoms with Crippen LogP contribution in [0, 0.1) is 0 Å². The van der Waals surface area contributed by atoms with Crippen molar-refractivity contribution in [3.63, 3.8) is 0 Å². The number of aromatic nitrogens is 2. The van der Waals surface area contributed by atoms with Crippen molar-refractivity contribution in [2.24, 2.45) is 0 Å². The zero-order valence-corrected chi connectivity index (χ0v) is 8.17. The van der Waals surface area contributed by atoms with E-state index < -0.39 is 0 Å². The minimum Gasteiger partial charge on any atom is -0.390 e. The van der Waals surface area contributed by atoms with E-state index in [1.807, 2.05) is 10.8 Å². The van der Waals surface area contributed by atoms with Crippen LogP contribution in [-0.2, 0) is 6.61 Å². The molecule has 3 nitrogen and oxygen atoms in total. The Balaban J connectivity index is 2.97. The predicted molar refractivity (Wildman–Crippen MR) is 46.2 cm³/mol. The first-order valence-electron chi connectivity index (χ1n) is 3.49. The lowest BCUT2D eigenvalue weighted by Gasteiger charge is -2.05. The lowest BCUT2D eigenvalue weighted by atomic mass is 10.4. The Bertz CT molecular complexity index is 245. The van der Waals surface area contributed by atoms with Crippen molar-refractivity contribution in [3.8, 4) is 0 Å². The molecule has 1 N–H and O–H groups in total. The zero-order valence-electron chi connectivity index (χ0n) is 6.58. The molecule has 0 aliphatic rings. The summed E-state index contributed by atoms with van der Waals surface area (Å²) in [5, 5.41) is 8.76. The molecule has 0 unspecified atom stereocenters. The molecule has 0 fully saturated rings. The first-order chi connectivity index (χ1) is 5.15. The maximum absolute atomic E-state index is 8.76. The van der Waals surface area contributed by atoms with Gasteiger partial charge >= 0.3 is 0 Å². The summed E-state index contributed by atoms with van der Waals surface area (Å²) in [4.78, 5) is 4.08. The molecule has 0 aliphatic carbocycles. The third kappa shape index (κ3) is 1.81. The van der Waals surface area contributed by atoms with Gasteiger partial charge in [-0.15, -0.1) is 0 Å². The summed E-state index contributed by atoms with van der Waals surface area (Å²) in [6, 6.07) is 0.372. The van der Waals surface area contributed by atoms with Crippen molar-refractivity contribution in [1.29, 1.82) is 0 Å².